The largest absolute Gasteiger partial charge is 0.495 e. The number of imide groups is 1. The van der Waals surface area contributed by atoms with Gasteiger partial charge in [0.05, 0.1) is 36.8 Å². The van der Waals surface area contributed by atoms with Crippen LogP contribution in [0.5, 0.6) is 5.75 Å². The number of hydrogen-bond acceptors (Lipinski definition) is 4. The third-order valence-electron chi connectivity index (χ3n) is 4.24. The summed E-state index contributed by atoms with van der Waals surface area (Å²) in [4.78, 5) is 26.4. The van der Waals surface area contributed by atoms with E-state index in [0.29, 0.717) is 11.4 Å². The SMILES string of the molecule is COc1ccccc1N1C(=O)[C@@H]2[C@H](C1=O)[C@@H]1C=C[C@@H]2O1. The molecule has 0 unspecified atom stereocenters. The van der Waals surface area contributed by atoms with Crippen molar-refractivity contribution < 1.29 is 19.1 Å². The first-order chi connectivity index (χ1) is 9.72. The number of hydrogen-bond donors (Lipinski definition) is 0. The van der Waals surface area contributed by atoms with Gasteiger partial charge in [0.1, 0.15) is 5.75 Å². The van der Waals surface area contributed by atoms with Gasteiger partial charge in [-0.1, -0.05) is 24.3 Å². The first-order valence-electron chi connectivity index (χ1n) is 6.57. The number of nitrogens with zero attached hydrogens (tertiary/aromatic N) is 1. The topological polar surface area (TPSA) is 55.8 Å². The molecule has 0 N–H and O–H groups in total. The summed E-state index contributed by atoms with van der Waals surface area (Å²) in [5.41, 5.74) is 0.513. The van der Waals surface area contributed by atoms with E-state index >= 15 is 0 Å². The average molecular weight is 271 g/mol. The molecule has 0 aliphatic carbocycles. The Labute approximate surface area is 115 Å². The highest BCUT2D eigenvalue weighted by atomic mass is 16.5. The Morgan fingerprint density at radius 2 is 1.65 bits per heavy atom. The Morgan fingerprint density at radius 1 is 1.05 bits per heavy atom. The van der Waals surface area contributed by atoms with Crippen LogP contribution in [0, 0.1) is 11.8 Å². The number of para-hydroxylation sites is 2. The minimum atomic E-state index is -0.387. The highest BCUT2D eigenvalue weighted by Crippen LogP contribution is 2.47. The molecule has 4 atom stereocenters. The number of ether oxygens (including phenoxy) is 2. The first kappa shape index (κ1) is 11.7. The molecule has 0 aromatic heterocycles. The van der Waals surface area contributed by atoms with E-state index in [9.17, 15) is 9.59 Å². The minimum absolute atomic E-state index is 0.193. The third-order valence-corrected chi connectivity index (χ3v) is 4.24. The standard InChI is InChI=1S/C15H13NO4/c1-19-9-5-3-2-4-8(9)16-14(17)12-10-6-7-11(20-10)13(12)15(16)18/h2-7,10-13H,1H3/t10-,11-,12-,13+/m0/s1. The molecule has 0 radical (unpaired) electrons. The molecule has 0 saturated carbocycles. The molecule has 3 heterocycles. The van der Waals surface area contributed by atoms with Gasteiger partial charge in [-0.25, -0.2) is 4.90 Å². The molecule has 5 heteroatoms. The van der Waals surface area contributed by atoms with Crippen molar-refractivity contribution in [3.63, 3.8) is 0 Å². The van der Waals surface area contributed by atoms with Gasteiger partial charge in [0.2, 0.25) is 11.8 Å². The van der Waals surface area contributed by atoms with Gasteiger partial charge < -0.3 is 9.47 Å². The second-order valence-corrected chi connectivity index (χ2v) is 5.19. The Bertz CT molecular complexity index is 609. The van der Waals surface area contributed by atoms with Crippen molar-refractivity contribution in [1.82, 2.24) is 0 Å². The predicted molar refractivity (Wildman–Crippen MR) is 70.3 cm³/mol. The lowest BCUT2D eigenvalue weighted by Gasteiger charge is -2.19. The van der Waals surface area contributed by atoms with Crippen LogP contribution in [-0.2, 0) is 14.3 Å². The van der Waals surface area contributed by atoms with Crippen molar-refractivity contribution >= 4 is 17.5 Å². The van der Waals surface area contributed by atoms with Crippen molar-refractivity contribution in [2.75, 3.05) is 12.0 Å². The van der Waals surface area contributed by atoms with Gasteiger partial charge in [-0.05, 0) is 12.1 Å². The van der Waals surface area contributed by atoms with Crippen LogP contribution in [0.15, 0.2) is 36.4 Å². The number of fused-ring (bicyclic) bond motifs is 5. The maximum atomic E-state index is 12.6. The second kappa shape index (κ2) is 3.93. The summed E-state index contributed by atoms with van der Waals surface area (Å²) in [5, 5.41) is 0. The average Bonchev–Trinajstić information content (AvgIpc) is 3.13. The van der Waals surface area contributed by atoms with E-state index in [2.05, 4.69) is 0 Å². The molecule has 1 aromatic rings. The van der Waals surface area contributed by atoms with Gasteiger partial charge in [-0.15, -0.1) is 0 Å². The fourth-order valence-electron chi connectivity index (χ4n) is 3.36. The maximum Gasteiger partial charge on any atom is 0.240 e. The highest BCUT2D eigenvalue weighted by Gasteiger charge is 2.61. The molecule has 4 rings (SSSR count). The summed E-state index contributed by atoms with van der Waals surface area (Å²) in [7, 11) is 1.53. The zero-order chi connectivity index (χ0) is 13.9. The van der Waals surface area contributed by atoms with E-state index in [-0.39, 0.29) is 35.9 Å². The molecule has 3 aliphatic rings. The Morgan fingerprint density at radius 3 is 2.25 bits per heavy atom. The molecule has 20 heavy (non-hydrogen) atoms. The Hall–Kier alpha value is -2.14. The summed E-state index contributed by atoms with van der Waals surface area (Å²) in [6, 6.07) is 7.07. The molecule has 2 bridgehead atoms. The van der Waals surface area contributed by atoms with E-state index in [1.165, 1.54) is 12.0 Å². The zero-order valence-corrected chi connectivity index (χ0v) is 10.9. The van der Waals surface area contributed by atoms with E-state index in [0.717, 1.165) is 0 Å². The number of carbonyl (C=O) groups excluding carboxylic acids is 2. The minimum Gasteiger partial charge on any atom is -0.495 e. The van der Waals surface area contributed by atoms with Gasteiger partial charge in [0, 0.05) is 0 Å². The molecule has 1 aromatic carbocycles. The lowest BCUT2D eigenvalue weighted by molar-refractivity contribution is -0.124. The number of anilines is 1. The number of rotatable bonds is 2. The van der Waals surface area contributed by atoms with E-state index in [1.807, 2.05) is 18.2 Å². The number of methoxy groups -OCH3 is 1. The molecule has 2 fully saturated rings. The van der Waals surface area contributed by atoms with Gasteiger partial charge in [-0.2, -0.15) is 0 Å². The third kappa shape index (κ3) is 1.30. The highest BCUT2D eigenvalue weighted by molar-refractivity contribution is 6.23. The van der Waals surface area contributed by atoms with E-state index in [4.69, 9.17) is 9.47 Å². The van der Waals surface area contributed by atoms with Crippen LogP contribution in [0.3, 0.4) is 0 Å². The lowest BCUT2D eigenvalue weighted by atomic mass is 9.85. The normalized spacial score (nSPS) is 34.0. The molecule has 0 spiro atoms. The van der Waals surface area contributed by atoms with Crippen LogP contribution in [0.4, 0.5) is 5.69 Å². The van der Waals surface area contributed by atoms with Gasteiger partial charge in [-0.3, -0.25) is 9.59 Å². The second-order valence-electron chi connectivity index (χ2n) is 5.19. The quantitative estimate of drug-likeness (QED) is 0.598. The van der Waals surface area contributed by atoms with Crippen LogP contribution in [-0.4, -0.2) is 31.1 Å². The van der Waals surface area contributed by atoms with Crippen LogP contribution < -0.4 is 9.64 Å². The van der Waals surface area contributed by atoms with Crippen molar-refractivity contribution in [1.29, 1.82) is 0 Å². The molecular weight excluding hydrogens is 258 g/mol. The molecule has 5 nitrogen and oxygen atoms in total. The Balaban J connectivity index is 1.78. The Kier molecular flexibility index (Phi) is 2.29. The summed E-state index contributed by atoms with van der Waals surface area (Å²) < 4.78 is 10.9. The van der Waals surface area contributed by atoms with Crippen LogP contribution in [0.2, 0.25) is 0 Å². The van der Waals surface area contributed by atoms with E-state index < -0.39 is 0 Å². The van der Waals surface area contributed by atoms with Crippen LogP contribution >= 0.6 is 0 Å². The number of benzene rings is 1. The fourth-order valence-corrected chi connectivity index (χ4v) is 3.36. The first-order valence-corrected chi connectivity index (χ1v) is 6.57. The zero-order valence-electron chi connectivity index (χ0n) is 10.9. The van der Waals surface area contributed by atoms with Gasteiger partial charge >= 0.3 is 0 Å². The van der Waals surface area contributed by atoms with Crippen molar-refractivity contribution in [3.8, 4) is 5.75 Å². The molecule has 102 valence electrons. The molecule has 2 saturated heterocycles. The summed E-state index contributed by atoms with van der Waals surface area (Å²) in [6.45, 7) is 0. The summed E-state index contributed by atoms with van der Waals surface area (Å²) >= 11 is 0. The summed E-state index contributed by atoms with van der Waals surface area (Å²) in [6.07, 6.45) is 3.23. The fraction of sp³-hybridized carbons (Fsp3) is 0.333. The monoisotopic (exact) mass is 271 g/mol. The smallest absolute Gasteiger partial charge is 0.240 e. The van der Waals surface area contributed by atoms with Crippen LogP contribution in [0.1, 0.15) is 0 Å². The van der Waals surface area contributed by atoms with Gasteiger partial charge in [0.15, 0.2) is 0 Å². The van der Waals surface area contributed by atoms with Gasteiger partial charge in [0.25, 0.3) is 0 Å². The molecule has 3 aliphatic heterocycles. The molecule has 2 amide bonds. The summed E-state index contributed by atoms with van der Waals surface area (Å²) in [5.74, 6) is -0.636. The number of amides is 2. The van der Waals surface area contributed by atoms with Crippen LogP contribution in [0.25, 0.3) is 0 Å². The van der Waals surface area contributed by atoms with Crippen molar-refractivity contribution in [3.05, 3.63) is 36.4 Å². The number of carbonyl (C=O) groups is 2. The predicted octanol–water partition coefficient (Wildman–Crippen LogP) is 1.14. The van der Waals surface area contributed by atoms with E-state index in [1.54, 1.807) is 18.2 Å². The maximum absolute atomic E-state index is 12.6. The lowest BCUT2D eigenvalue weighted by Crippen LogP contribution is -2.34. The molecular formula is C15H13NO4. The van der Waals surface area contributed by atoms with Crippen molar-refractivity contribution in [2.24, 2.45) is 11.8 Å². The van der Waals surface area contributed by atoms with Crippen molar-refractivity contribution in [2.45, 2.75) is 12.2 Å².